The van der Waals surface area contributed by atoms with Crippen molar-refractivity contribution in [2.75, 3.05) is 0 Å². The molecule has 0 radical (unpaired) electrons. The third-order valence-electron chi connectivity index (χ3n) is 3.92. The average molecular weight is 261 g/mol. The molecular weight excluding hydrogens is 242 g/mol. The van der Waals surface area contributed by atoms with Gasteiger partial charge in [-0.15, -0.1) is 0 Å². The minimum Gasteiger partial charge on any atom is -0.481 e. The van der Waals surface area contributed by atoms with Crippen molar-refractivity contribution in [1.29, 1.82) is 0 Å². The second kappa shape index (κ2) is 5.87. The standard InChI is InChI=1S/C15H19NO3/c1-10(15(17)18)11-5-7-12(8-6-11)13-3-2-4-14(9-13)16-19/h5-8,10,13,19H,2-4,9H2,1H3,(H,17,18)/b16-14+. The zero-order chi connectivity index (χ0) is 13.8. The number of aliphatic carboxylic acids is 1. The van der Waals surface area contributed by atoms with Crippen molar-refractivity contribution in [3.63, 3.8) is 0 Å². The molecule has 0 amide bonds. The normalized spacial score (nSPS) is 23.2. The minimum absolute atomic E-state index is 0.383. The average Bonchev–Trinajstić information content (AvgIpc) is 2.46. The van der Waals surface area contributed by atoms with Gasteiger partial charge in [-0.1, -0.05) is 29.4 Å². The van der Waals surface area contributed by atoms with Gasteiger partial charge < -0.3 is 10.3 Å². The van der Waals surface area contributed by atoms with Gasteiger partial charge in [0.15, 0.2) is 0 Å². The van der Waals surface area contributed by atoms with Crippen LogP contribution in [0.4, 0.5) is 0 Å². The van der Waals surface area contributed by atoms with E-state index in [0.29, 0.717) is 5.92 Å². The zero-order valence-electron chi connectivity index (χ0n) is 11.0. The Bertz CT molecular complexity index is 479. The Balaban J connectivity index is 2.12. The van der Waals surface area contributed by atoms with Crippen LogP contribution in [0.25, 0.3) is 0 Å². The number of hydrogen-bond donors (Lipinski definition) is 2. The number of nitrogens with zero attached hydrogens (tertiary/aromatic N) is 1. The van der Waals surface area contributed by atoms with Crippen LogP contribution in [0.15, 0.2) is 29.4 Å². The highest BCUT2D eigenvalue weighted by atomic mass is 16.4. The van der Waals surface area contributed by atoms with Crippen molar-refractivity contribution in [3.8, 4) is 0 Å². The number of oxime groups is 1. The predicted molar refractivity (Wildman–Crippen MR) is 72.9 cm³/mol. The van der Waals surface area contributed by atoms with E-state index in [4.69, 9.17) is 10.3 Å². The van der Waals surface area contributed by atoms with Gasteiger partial charge in [-0.05, 0) is 49.7 Å². The third-order valence-corrected chi connectivity index (χ3v) is 3.92. The Morgan fingerprint density at radius 1 is 1.37 bits per heavy atom. The SMILES string of the molecule is CC(C(=O)O)c1ccc(C2CCC/C(=N\O)C2)cc1. The quantitative estimate of drug-likeness (QED) is 0.647. The number of hydrogen-bond acceptors (Lipinski definition) is 3. The lowest BCUT2D eigenvalue weighted by molar-refractivity contribution is -0.138. The van der Waals surface area contributed by atoms with Gasteiger partial charge in [-0.3, -0.25) is 4.79 Å². The zero-order valence-corrected chi connectivity index (χ0v) is 11.0. The summed E-state index contributed by atoms with van der Waals surface area (Å²) >= 11 is 0. The molecule has 4 heteroatoms. The Kier molecular flexibility index (Phi) is 4.20. The second-order valence-electron chi connectivity index (χ2n) is 5.19. The third kappa shape index (κ3) is 3.13. The summed E-state index contributed by atoms with van der Waals surface area (Å²) in [6.45, 7) is 1.69. The molecule has 1 fully saturated rings. The van der Waals surface area contributed by atoms with Crippen LogP contribution >= 0.6 is 0 Å². The molecule has 0 bridgehead atoms. The fourth-order valence-corrected chi connectivity index (χ4v) is 2.62. The first-order chi connectivity index (χ1) is 9.11. The van der Waals surface area contributed by atoms with E-state index >= 15 is 0 Å². The minimum atomic E-state index is -0.805. The topological polar surface area (TPSA) is 69.9 Å². The molecule has 1 aromatic rings. The van der Waals surface area contributed by atoms with Crippen molar-refractivity contribution in [2.45, 2.75) is 44.4 Å². The van der Waals surface area contributed by atoms with Gasteiger partial charge in [0, 0.05) is 0 Å². The number of carbonyl (C=O) groups is 1. The number of carboxylic acids is 1. The molecule has 4 nitrogen and oxygen atoms in total. The first-order valence-corrected chi connectivity index (χ1v) is 6.64. The molecular formula is C15H19NO3. The lowest BCUT2D eigenvalue weighted by Gasteiger charge is -2.23. The van der Waals surface area contributed by atoms with E-state index in [1.54, 1.807) is 6.92 Å². The van der Waals surface area contributed by atoms with E-state index in [9.17, 15) is 4.79 Å². The summed E-state index contributed by atoms with van der Waals surface area (Å²) in [5, 5.41) is 21.2. The summed E-state index contributed by atoms with van der Waals surface area (Å²) in [4.78, 5) is 10.9. The van der Waals surface area contributed by atoms with Crippen LogP contribution in [0.2, 0.25) is 0 Å². The van der Waals surface area contributed by atoms with Crippen molar-refractivity contribution >= 4 is 11.7 Å². The van der Waals surface area contributed by atoms with Gasteiger partial charge in [0.25, 0.3) is 0 Å². The fraction of sp³-hybridized carbons (Fsp3) is 0.467. The Labute approximate surface area is 112 Å². The molecule has 2 unspecified atom stereocenters. The van der Waals surface area contributed by atoms with Crippen molar-refractivity contribution in [3.05, 3.63) is 35.4 Å². The van der Waals surface area contributed by atoms with Crippen LogP contribution in [-0.4, -0.2) is 22.0 Å². The molecule has 2 atom stereocenters. The summed E-state index contributed by atoms with van der Waals surface area (Å²) in [6.07, 6.45) is 3.80. The molecule has 19 heavy (non-hydrogen) atoms. The predicted octanol–water partition coefficient (Wildman–Crippen LogP) is 3.36. The Hall–Kier alpha value is -1.84. The molecule has 2 rings (SSSR count). The Morgan fingerprint density at radius 2 is 2.05 bits per heavy atom. The van der Waals surface area contributed by atoms with Gasteiger partial charge in [0.2, 0.25) is 0 Å². The van der Waals surface area contributed by atoms with Crippen LogP contribution in [0.5, 0.6) is 0 Å². The molecule has 0 spiro atoms. The van der Waals surface area contributed by atoms with Crippen LogP contribution in [0.3, 0.4) is 0 Å². The summed E-state index contributed by atoms with van der Waals surface area (Å²) in [6, 6.07) is 7.77. The molecule has 1 aromatic carbocycles. The van der Waals surface area contributed by atoms with Gasteiger partial charge >= 0.3 is 5.97 Å². The summed E-state index contributed by atoms with van der Waals surface area (Å²) in [5.74, 6) is -0.899. The molecule has 0 aromatic heterocycles. The Morgan fingerprint density at radius 3 is 2.63 bits per heavy atom. The highest BCUT2D eigenvalue weighted by Crippen LogP contribution is 2.32. The molecule has 102 valence electrons. The highest BCUT2D eigenvalue weighted by Gasteiger charge is 2.21. The van der Waals surface area contributed by atoms with Crippen LogP contribution < -0.4 is 0 Å². The van der Waals surface area contributed by atoms with Crippen LogP contribution in [-0.2, 0) is 4.79 Å². The molecule has 0 aliphatic heterocycles. The lowest BCUT2D eigenvalue weighted by atomic mass is 9.82. The first-order valence-electron chi connectivity index (χ1n) is 6.64. The van der Waals surface area contributed by atoms with E-state index in [2.05, 4.69) is 5.16 Å². The van der Waals surface area contributed by atoms with Gasteiger partial charge in [0.05, 0.1) is 11.6 Å². The number of rotatable bonds is 3. The van der Waals surface area contributed by atoms with Crippen molar-refractivity contribution < 1.29 is 15.1 Å². The maximum atomic E-state index is 10.9. The second-order valence-corrected chi connectivity index (χ2v) is 5.19. The summed E-state index contributed by atoms with van der Waals surface area (Å²) in [5.41, 5.74) is 2.88. The number of carboxylic acid groups (broad SMARTS) is 1. The lowest BCUT2D eigenvalue weighted by Crippen LogP contribution is -2.14. The van der Waals surface area contributed by atoms with E-state index in [-0.39, 0.29) is 0 Å². The molecule has 0 heterocycles. The smallest absolute Gasteiger partial charge is 0.310 e. The van der Waals surface area contributed by atoms with Gasteiger partial charge in [-0.2, -0.15) is 0 Å². The molecule has 0 saturated heterocycles. The van der Waals surface area contributed by atoms with Crippen molar-refractivity contribution in [2.24, 2.45) is 5.16 Å². The summed E-state index contributed by atoms with van der Waals surface area (Å²) < 4.78 is 0. The highest BCUT2D eigenvalue weighted by molar-refractivity contribution is 5.85. The fourth-order valence-electron chi connectivity index (χ4n) is 2.62. The van der Waals surface area contributed by atoms with Gasteiger partial charge in [-0.25, -0.2) is 0 Å². The van der Waals surface area contributed by atoms with E-state index in [0.717, 1.165) is 37.0 Å². The molecule has 1 aliphatic rings. The van der Waals surface area contributed by atoms with Crippen LogP contribution in [0.1, 0.15) is 55.6 Å². The maximum Gasteiger partial charge on any atom is 0.310 e. The largest absolute Gasteiger partial charge is 0.481 e. The van der Waals surface area contributed by atoms with Crippen molar-refractivity contribution in [1.82, 2.24) is 0 Å². The first kappa shape index (κ1) is 13.6. The van der Waals surface area contributed by atoms with E-state index in [1.807, 2.05) is 24.3 Å². The van der Waals surface area contributed by atoms with Gasteiger partial charge in [0.1, 0.15) is 0 Å². The number of benzene rings is 1. The monoisotopic (exact) mass is 261 g/mol. The van der Waals surface area contributed by atoms with E-state index < -0.39 is 11.9 Å². The van der Waals surface area contributed by atoms with E-state index in [1.165, 1.54) is 5.56 Å². The molecule has 1 aliphatic carbocycles. The molecule has 2 N–H and O–H groups in total. The summed E-state index contributed by atoms with van der Waals surface area (Å²) in [7, 11) is 0. The maximum absolute atomic E-state index is 10.9. The molecule has 1 saturated carbocycles. The van der Waals surface area contributed by atoms with Crippen LogP contribution in [0, 0.1) is 0 Å².